The summed E-state index contributed by atoms with van der Waals surface area (Å²) in [5.41, 5.74) is -1.24. The highest BCUT2D eigenvalue weighted by atomic mass is 32.2. The standard InChI is InChI=1S/C9H8F3N3O2S/c1-18(17,14-6-13)5-7-2-3-8(9(10,11)12)15(16)4-7/h2-4H,5H2,1H3. The van der Waals surface area contributed by atoms with Crippen LogP contribution in [0.5, 0.6) is 0 Å². The van der Waals surface area contributed by atoms with E-state index in [2.05, 4.69) is 4.36 Å². The van der Waals surface area contributed by atoms with E-state index in [1.807, 2.05) is 0 Å². The van der Waals surface area contributed by atoms with Gasteiger partial charge in [0.1, 0.15) is 0 Å². The summed E-state index contributed by atoms with van der Waals surface area (Å²) in [6, 6.07) is 1.64. The smallest absolute Gasteiger partial charge is 0.478 e. The van der Waals surface area contributed by atoms with Gasteiger partial charge in [-0.3, -0.25) is 0 Å². The van der Waals surface area contributed by atoms with Gasteiger partial charge in [0.05, 0.1) is 15.5 Å². The summed E-state index contributed by atoms with van der Waals surface area (Å²) >= 11 is 0. The molecular weight excluding hydrogens is 271 g/mol. The van der Waals surface area contributed by atoms with Crippen molar-refractivity contribution in [3.63, 3.8) is 0 Å². The van der Waals surface area contributed by atoms with Crippen LogP contribution >= 0.6 is 0 Å². The molecule has 0 aliphatic heterocycles. The van der Waals surface area contributed by atoms with E-state index in [0.29, 0.717) is 12.3 Å². The van der Waals surface area contributed by atoms with Gasteiger partial charge in [-0.25, -0.2) is 4.21 Å². The van der Waals surface area contributed by atoms with Crippen LogP contribution in [-0.2, 0) is 21.7 Å². The number of nitrogens with zero attached hydrogens (tertiary/aromatic N) is 3. The summed E-state index contributed by atoms with van der Waals surface area (Å²) in [6.07, 6.45) is -1.52. The molecule has 0 fully saturated rings. The summed E-state index contributed by atoms with van der Waals surface area (Å²) < 4.78 is 51.3. The van der Waals surface area contributed by atoms with Crippen LogP contribution in [0.25, 0.3) is 0 Å². The molecule has 0 aliphatic rings. The third kappa shape index (κ3) is 3.59. The average molecular weight is 279 g/mol. The molecule has 0 saturated carbocycles. The molecule has 1 unspecified atom stereocenters. The molecule has 5 nitrogen and oxygen atoms in total. The Morgan fingerprint density at radius 1 is 1.56 bits per heavy atom. The quantitative estimate of drug-likeness (QED) is 0.466. The molecule has 0 amide bonds. The Balaban J connectivity index is 3.12. The molecule has 1 aromatic heterocycles. The largest absolute Gasteiger partial charge is 0.618 e. The number of pyridine rings is 1. The van der Waals surface area contributed by atoms with Crippen LogP contribution in [0.15, 0.2) is 22.7 Å². The van der Waals surface area contributed by atoms with Crippen LogP contribution in [-0.4, -0.2) is 10.5 Å². The Morgan fingerprint density at radius 3 is 2.61 bits per heavy atom. The van der Waals surface area contributed by atoms with Gasteiger partial charge < -0.3 is 5.21 Å². The highest BCUT2D eigenvalue weighted by Crippen LogP contribution is 2.26. The number of nitriles is 1. The van der Waals surface area contributed by atoms with E-state index in [1.165, 1.54) is 12.4 Å². The molecule has 0 aliphatic carbocycles. The van der Waals surface area contributed by atoms with Crippen molar-refractivity contribution in [1.82, 2.24) is 0 Å². The van der Waals surface area contributed by atoms with Crippen LogP contribution in [0.1, 0.15) is 11.3 Å². The zero-order valence-electron chi connectivity index (χ0n) is 9.14. The molecule has 1 aromatic rings. The van der Waals surface area contributed by atoms with E-state index >= 15 is 0 Å². The normalized spacial score (nSPS) is 14.6. The number of alkyl halides is 3. The predicted molar refractivity (Wildman–Crippen MR) is 56.2 cm³/mol. The molecule has 98 valence electrons. The molecule has 0 aromatic carbocycles. The molecule has 1 atom stereocenters. The monoisotopic (exact) mass is 279 g/mol. The number of hydrogen-bond acceptors (Lipinski definition) is 4. The SMILES string of the molecule is CS(=O)(Cc1ccc(C(F)(F)F)[n+]([O-])c1)=NC#N. The lowest BCUT2D eigenvalue weighted by Crippen LogP contribution is -2.36. The van der Waals surface area contributed by atoms with Gasteiger partial charge in [0, 0.05) is 17.9 Å². The van der Waals surface area contributed by atoms with Gasteiger partial charge in [-0.2, -0.15) is 23.2 Å². The van der Waals surface area contributed by atoms with Crippen molar-refractivity contribution >= 4 is 9.73 Å². The van der Waals surface area contributed by atoms with Gasteiger partial charge in [0.2, 0.25) is 6.19 Å². The number of aromatic nitrogens is 1. The lowest BCUT2D eigenvalue weighted by atomic mass is 10.2. The second kappa shape index (κ2) is 4.81. The van der Waals surface area contributed by atoms with Gasteiger partial charge in [0.25, 0.3) is 5.69 Å². The van der Waals surface area contributed by atoms with Crippen molar-refractivity contribution in [2.75, 3.05) is 6.26 Å². The summed E-state index contributed by atoms with van der Waals surface area (Å²) in [6.45, 7) is 0. The summed E-state index contributed by atoms with van der Waals surface area (Å²) in [5, 5.41) is 19.4. The van der Waals surface area contributed by atoms with Crippen molar-refractivity contribution < 1.29 is 22.1 Å². The summed E-state index contributed by atoms with van der Waals surface area (Å²) in [4.78, 5) is 0. The second-order valence-corrected chi connectivity index (χ2v) is 5.93. The molecule has 0 saturated heterocycles. The van der Waals surface area contributed by atoms with Crippen LogP contribution in [0.4, 0.5) is 13.2 Å². The minimum atomic E-state index is -4.75. The fourth-order valence-electron chi connectivity index (χ4n) is 1.26. The highest BCUT2D eigenvalue weighted by molar-refractivity contribution is 7.92. The number of rotatable bonds is 2. The van der Waals surface area contributed by atoms with Gasteiger partial charge >= 0.3 is 6.18 Å². The van der Waals surface area contributed by atoms with Crippen molar-refractivity contribution in [3.05, 3.63) is 34.8 Å². The third-order valence-electron chi connectivity index (χ3n) is 1.93. The van der Waals surface area contributed by atoms with Gasteiger partial charge in [-0.15, -0.1) is 4.36 Å². The lowest BCUT2D eigenvalue weighted by molar-refractivity contribution is -0.629. The van der Waals surface area contributed by atoms with Crippen molar-refractivity contribution in [3.8, 4) is 6.19 Å². The van der Waals surface area contributed by atoms with E-state index in [-0.39, 0.29) is 16.0 Å². The minimum Gasteiger partial charge on any atom is -0.618 e. The average Bonchev–Trinajstić information content (AvgIpc) is 2.13. The van der Waals surface area contributed by atoms with Crippen molar-refractivity contribution in [2.24, 2.45) is 4.36 Å². The Labute approximate surface area is 101 Å². The molecule has 0 spiro atoms. The number of halogens is 3. The van der Waals surface area contributed by atoms with Crippen LogP contribution in [0, 0.1) is 16.7 Å². The Hall–Kier alpha value is -1.82. The molecular formula is C9H8F3N3O2S. The fourth-order valence-corrected chi connectivity index (χ4v) is 2.28. The van der Waals surface area contributed by atoms with Crippen LogP contribution in [0.3, 0.4) is 0 Å². The first-order valence-electron chi connectivity index (χ1n) is 4.53. The third-order valence-corrected chi connectivity index (χ3v) is 3.27. The van der Waals surface area contributed by atoms with Crippen molar-refractivity contribution in [1.29, 1.82) is 5.26 Å². The van der Waals surface area contributed by atoms with Gasteiger partial charge in [-0.1, -0.05) is 0 Å². The van der Waals surface area contributed by atoms with Gasteiger partial charge in [0.15, 0.2) is 6.20 Å². The molecule has 1 rings (SSSR count). The maximum absolute atomic E-state index is 12.3. The minimum absolute atomic E-state index is 0.115. The Morgan fingerprint density at radius 2 is 2.17 bits per heavy atom. The van der Waals surface area contributed by atoms with Crippen LogP contribution < -0.4 is 4.73 Å². The van der Waals surface area contributed by atoms with Crippen LogP contribution in [0.2, 0.25) is 0 Å². The van der Waals surface area contributed by atoms with E-state index in [1.54, 1.807) is 0 Å². The molecule has 18 heavy (non-hydrogen) atoms. The lowest BCUT2D eigenvalue weighted by Gasteiger charge is -2.09. The summed E-state index contributed by atoms with van der Waals surface area (Å²) in [7, 11) is -2.87. The summed E-state index contributed by atoms with van der Waals surface area (Å²) in [5.74, 6) is -0.263. The Bertz CT molecular complexity index is 612. The van der Waals surface area contributed by atoms with E-state index < -0.39 is 21.6 Å². The molecule has 1 heterocycles. The maximum atomic E-state index is 12.3. The predicted octanol–water partition coefficient (Wildman–Crippen LogP) is 1.42. The Kier molecular flexibility index (Phi) is 3.81. The van der Waals surface area contributed by atoms with E-state index in [9.17, 15) is 22.6 Å². The first-order valence-corrected chi connectivity index (χ1v) is 6.62. The molecule has 0 N–H and O–H groups in total. The zero-order chi connectivity index (χ0) is 14.0. The first-order chi connectivity index (χ1) is 8.15. The fraction of sp³-hybridized carbons (Fsp3) is 0.333. The molecule has 0 radical (unpaired) electrons. The maximum Gasteiger partial charge on any atom is 0.478 e. The number of hydrogen-bond donors (Lipinski definition) is 0. The zero-order valence-corrected chi connectivity index (χ0v) is 9.96. The molecule has 9 heteroatoms. The highest BCUT2D eigenvalue weighted by Gasteiger charge is 2.39. The van der Waals surface area contributed by atoms with Crippen molar-refractivity contribution in [2.45, 2.75) is 11.9 Å². The van der Waals surface area contributed by atoms with E-state index in [4.69, 9.17) is 5.26 Å². The van der Waals surface area contributed by atoms with Gasteiger partial charge in [-0.05, 0) is 6.07 Å². The first kappa shape index (κ1) is 14.2. The molecule has 0 bridgehead atoms. The second-order valence-electron chi connectivity index (χ2n) is 3.54. The topological polar surface area (TPSA) is 80.2 Å². The van der Waals surface area contributed by atoms with E-state index in [0.717, 1.165) is 6.07 Å².